The van der Waals surface area contributed by atoms with E-state index in [-0.39, 0.29) is 23.5 Å². The van der Waals surface area contributed by atoms with Crippen molar-refractivity contribution in [2.75, 3.05) is 32.2 Å². The number of benzene rings is 1. The summed E-state index contributed by atoms with van der Waals surface area (Å²) >= 11 is 5.64. The Morgan fingerprint density at radius 3 is 1.90 bits per heavy atom. The van der Waals surface area contributed by atoms with Gasteiger partial charge in [-0.25, -0.2) is 0 Å². The first kappa shape index (κ1) is 25.2. The summed E-state index contributed by atoms with van der Waals surface area (Å²) in [6.07, 6.45) is 5.42. The maximum Gasteiger partial charge on any atom is 0.243 e. The van der Waals surface area contributed by atoms with Crippen molar-refractivity contribution in [1.82, 2.24) is 10.6 Å². The SMILES string of the molecule is C=CC(=O)NCCCCOc1ccc(C(=O)CCl)cc1OCCCCNC(=O)C=C. The lowest BCUT2D eigenvalue weighted by molar-refractivity contribution is -0.117. The third kappa shape index (κ3) is 10.1. The Morgan fingerprint density at radius 1 is 0.867 bits per heavy atom. The second-order valence-corrected chi connectivity index (χ2v) is 6.59. The topological polar surface area (TPSA) is 93.7 Å². The molecule has 0 aliphatic rings. The average molecular weight is 437 g/mol. The van der Waals surface area contributed by atoms with E-state index >= 15 is 0 Å². The Kier molecular flexibility index (Phi) is 12.7. The predicted octanol–water partition coefficient (Wildman–Crippen LogP) is 3.03. The summed E-state index contributed by atoms with van der Waals surface area (Å²) in [6, 6.07) is 4.98. The minimum absolute atomic E-state index is 0.112. The van der Waals surface area contributed by atoms with Crippen LogP contribution in [0.2, 0.25) is 0 Å². The number of ketones is 1. The number of unbranched alkanes of at least 4 members (excludes halogenated alkanes) is 2. The molecule has 164 valence electrons. The number of amides is 2. The summed E-state index contributed by atoms with van der Waals surface area (Å²) in [5, 5.41) is 5.41. The second kappa shape index (κ2) is 15.1. The van der Waals surface area contributed by atoms with Gasteiger partial charge in [0.1, 0.15) is 0 Å². The fraction of sp³-hybridized carbons (Fsp3) is 0.409. The van der Waals surface area contributed by atoms with E-state index in [1.807, 2.05) is 0 Å². The van der Waals surface area contributed by atoms with Crippen LogP contribution in [0.4, 0.5) is 0 Å². The Bertz CT molecular complexity index is 736. The summed E-state index contributed by atoms with van der Waals surface area (Å²) in [4.78, 5) is 34.1. The molecule has 0 atom stereocenters. The van der Waals surface area contributed by atoms with Crippen LogP contribution in [-0.4, -0.2) is 49.8 Å². The lowest BCUT2D eigenvalue weighted by Gasteiger charge is -2.14. The summed E-state index contributed by atoms with van der Waals surface area (Å²) in [5.41, 5.74) is 0.456. The molecule has 30 heavy (non-hydrogen) atoms. The van der Waals surface area contributed by atoms with Crippen LogP contribution < -0.4 is 20.1 Å². The van der Waals surface area contributed by atoms with Gasteiger partial charge in [0.15, 0.2) is 17.3 Å². The molecule has 0 heterocycles. The summed E-state index contributed by atoms with van der Waals surface area (Å²) in [6.45, 7) is 8.72. The van der Waals surface area contributed by atoms with Gasteiger partial charge in [0, 0.05) is 18.7 Å². The lowest BCUT2D eigenvalue weighted by atomic mass is 10.1. The van der Waals surface area contributed by atoms with Crippen LogP contribution in [0.15, 0.2) is 43.5 Å². The Hall–Kier alpha value is -2.80. The summed E-state index contributed by atoms with van der Waals surface area (Å²) in [7, 11) is 0. The maximum atomic E-state index is 11.9. The number of carbonyl (C=O) groups is 3. The van der Waals surface area contributed by atoms with Crippen LogP contribution >= 0.6 is 11.6 Å². The molecule has 0 saturated heterocycles. The first-order valence-corrected chi connectivity index (χ1v) is 10.3. The number of Topliss-reactive ketones (excluding diaryl/α,β-unsaturated/α-hetero) is 1. The van der Waals surface area contributed by atoms with E-state index in [0.717, 1.165) is 19.3 Å². The molecule has 7 nitrogen and oxygen atoms in total. The molecule has 1 rings (SSSR count). The van der Waals surface area contributed by atoms with Crippen molar-refractivity contribution >= 4 is 29.2 Å². The highest BCUT2D eigenvalue weighted by molar-refractivity contribution is 6.30. The van der Waals surface area contributed by atoms with Gasteiger partial charge in [-0.15, -0.1) is 11.6 Å². The van der Waals surface area contributed by atoms with Crippen molar-refractivity contribution in [3.63, 3.8) is 0 Å². The van der Waals surface area contributed by atoms with Gasteiger partial charge in [-0.3, -0.25) is 14.4 Å². The van der Waals surface area contributed by atoms with E-state index in [9.17, 15) is 14.4 Å². The zero-order valence-electron chi connectivity index (χ0n) is 17.1. The van der Waals surface area contributed by atoms with Gasteiger partial charge in [-0.1, -0.05) is 13.2 Å². The normalized spacial score (nSPS) is 10.0. The zero-order chi connectivity index (χ0) is 22.2. The monoisotopic (exact) mass is 436 g/mol. The van der Waals surface area contributed by atoms with E-state index in [2.05, 4.69) is 23.8 Å². The molecule has 0 radical (unpaired) electrons. The third-order valence-corrected chi connectivity index (χ3v) is 4.26. The van der Waals surface area contributed by atoms with Crippen molar-refractivity contribution in [2.24, 2.45) is 0 Å². The molecule has 0 aromatic heterocycles. The summed E-state index contributed by atoms with van der Waals surface area (Å²) in [5.74, 6) is 0.299. The van der Waals surface area contributed by atoms with Crippen molar-refractivity contribution < 1.29 is 23.9 Å². The number of halogens is 1. The lowest BCUT2D eigenvalue weighted by Crippen LogP contribution is -2.22. The number of carbonyl (C=O) groups excluding carboxylic acids is 3. The zero-order valence-corrected chi connectivity index (χ0v) is 17.8. The summed E-state index contributed by atoms with van der Waals surface area (Å²) < 4.78 is 11.6. The maximum absolute atomic E-state index is 11.9. The highest BCUT2D eigenvalue weighted by Crippen LogP contribution is 2.29. The van der Waals surface area contributed by atoms with E-state index in [1.54, 1.807) is 18.2 Å². The number of hydrogen-bond acceptors (Lipinski definition) is 5. The van der Waals surface area contributed by atoms with Crippen LogP contribution in [-0.2, 0) is 9.59 Å². The van der Waals surface area contributed by atoms with Gasteiger partial charge in [-0.05, 0) is 56.0 Å². The number of nitrogens with one attached hydrogen (secondary N) is 2. The van der Waals surface area contributed by atoms with Crippen LogP contribution in [0, 0.1) is 0 Å². The van der Waals surface area contributed by atoms with Gasteiger partial charge in [0.05, 0.1) is 19.1 Å². The highest BCUT2D eigenvalue weighted by atomic mass is 35.5. The van der Waals surface area contributed by atoms with Crippen LogP contribution in [0.25, 0.3) is 0 Å². The average Bonchev–Trinajstić information content (AvgIpc) is 2.77. The predicted molar refractivity (Wildman–Crippen MR) is 117 cm³/mol. The van der Waals surface area contributed by atoms with Crippen molar-refractivity contribution in [3.8, 4) is 11.5 Å². The van der Waals surface area contributed by atoms with Crippen LogP contribution in [0.1, 0.15) is 36.0 Å². The van der Waals surface area contributed by atoms with Gasteiger partial charge < -0.3 is 20.1 Å². The Labute approximate surface area is 182 Å². The molecule has 8 heteroatoms. The molecular formula is C22H29ClN2O5. The minimum atomic E-state index is -0.206. The van der Waals surface area contributed by atoms with E-state index in [1.165, 1.54) is 12.2 Å². The van der Waals surface area contributed by atoms with Crippen molar-refractivity contribution in [2.45, 2.75) is 25.7 Å². The first-order chi connectivity index (χ1) is 14.5. The number of hydrogen-bond donors (Lipinski definition) is 2. The van der Waals surface area contributed by atoms with E-state index in [0.29, 0.717) is 49.8 Å². The molecule has 1 aromatic carbocycles. The Morgan fingerprint density at radius 2 is 1.40 bits per heavy atom. The van der Waals surface area contributed by atoms with Gasteiger partial charge in [0.2, 0.25) is 11.8 Å². The van der Waals surface area contributed by atoms with Gasteiger partial charge >= 0.3 is 0 Å². The molecule has 2 amide bonds. The van der Waals surface area contributed by atoms with Crippen molar-refractivity contribution in [3.05, 3.63) is 49.1 Å². The molecule has 0 fully saturated rings. The molecule has 1 aromatic rings. The molecule has 0 unspecified atom stereocenters. The smallest absolute Gasteiger partial charge is 0.243 e. The number of rotatable bonds is 16. The molecular weight excluding hydrogens is 408 g/mol. The quantitative estimate of drug-likeness (QED) is 0.180. The third-order valence-electron chi connectivity index (χ3n) is 4.01. The van der Waals surface area contributed by atoms with Gasteiger partial charge in [0.25, 0.3) is 0 Å². The Balaban J connectivity index is 2.53. The van der Waals surface area contributed by atoms with Crippen LogP contribution in [0.3, 0.4) is 0 Å². The van der Waals surface area contributed by atoms with Crippen molar-refractivity contribution in [1.29, 1.82) is 0 Å². The number of alkyl halides is 1. The fourth-order valence-corrected chi connectivity index (χ4v) is 2.53. The minimum Gasteiger partial charge on any atom is -0.490 e. The van der Waals surface area contributed by atoms with E-state index in [4.69, 9.17) is 21.1 Å². The van der Waals surface area contributed by atoms with Gasteiger partial charge in [-0.2, -0.15) is 0 Å². The second-order valence-electron chi connectivity index (χ2n) is 6.32. The first-order valence-electron chi connectivity index (χ1n) is 9.81. The largest absolute Gasteiger partial charge is 0.490 e. The molecule has 0 bridgehead atoms. The fourth-order valence-electron chi connectivity index (χ4n) is 2.38. The standard InChI is InChI=1S/C22H29ClN2O5/c1-3-21(27)24-11-5-7-13-29-19-10-9-17(18(26)16-23)15-20(19)30-14-8-6-12-25-22(28)4-2/h3-4,9-10,15H,1-2,5-8,11-14,16H2,(H,24,27)(H,25,28). The van der Waals surface area contributed by atoms with Crippen LogP contribution in [0.5, 0.6) is 11.5 Å². The van der Waals surface area contributed by atoms with E-state index < -0.39 is 0 Å². The highest BCUT2D eigenvalue weighted by Gasteiger charge is 2.11. The molecule has 0 spiro atoms. The molecule has 0 aliphatic carbocycles. The molecule has 2 N–H and O–H groups in total. The molecule has 0 aliphatic heterocycles. The number of ether oxygens (including phenoxy) is 2. The molecule has 0 saturated carbocycles.